The van der Waals surface area contributed by atoms with Gasteiger partial charge >= 0.3 is 6.09 Å². The summed E-state index contributed by atoms with van der Waals surface area (Å²) in [6.07, 6.45) is 0.481. The largest absolute Gasteiger partial charge is 0.447 e. The highest BCUT2D eigenvalue weighted by Gasteiger charge is 2.36. The van der Waals surface area contributed by atoms with E-state index in [0.717, 1.165) is 18.5 Å². The van der Waals surface area contributed by atoms with Crippen LogP contribution < -0.4 is 4.90 Å². The Hall–Kier alpha value is -1.62. The van der Waals surface area contributed by atoms with Gasteiger partial charge in [0.25, 0.3) is 0 Å². The van der Waals surface area contributed by atoms with Crippen molar-refractivity contribution in [1.29, 1.82) is 0 Å². The Morgan fingerprint density at radius 1 is 1.44 bits per heavy atom. The number of hydrogen-bond donors (Lipinski definition) is 0. The molecule has 1 atom stereocenters. The molecule has 3 rings (SSSR count). The number of cyclic esters (lactones) is 1. The van der Waals surface area contributed by atoms with Crippen LogP contribution in [0.15, 0.2) is 18.2 Å². The SMILES string of the molecule is CN1CCC2COC(=O)N2c2cc(F)ccc2C1. The van der Waals surface area contributed by atoms with Crippen LogP contribution in [0.25, 0.3) is 0 Å². The van der Waals surface area contributed by atoms with Gasteiger partial charge in [0, 0.05) is 13.1 Å². The van der Waals surface area contributed by atoms with Crippen LogP contribution in [0.2, 0.25) is 0 Å². The molecule has 1 saturated heterocycles. The number of rotatable bonds is 0. The van der Waals surface area contributed by atoms with Gasteiger partial charge in [-0.2, -0.15) is 0 Å². The zero-order chi connectivity index (χ0) is 12.7. The Bertz CT molecular complexity index is 492. The lowest BCUT2D eigenvalue weighted by molar-refractivity contribution is 0.178. The van der Waals surface area contributed by atoms with Crippen molar-refractivity contribution < 1.29 is 13.9 Å². The maximum absolute atomic E-state index is 13.4. The molecule has 96 valence electrons. The minimum Gasteiger partial charge on any atom is -0.447 e. The summed E-state index contributed by atoms with van der Waals surface area (Å²) in [5, 5.41) is 0. The number of hydrogen-bond acceptors (Lipinski definition) is 3. The fourth-order valence-corrected chi connectivity index (χ4v) is 2.60. The molecule has 1 aromatic rings. The van der Waals surface area contributed by atoms with Gasteiger partial charge in [-0.05, 0) is 31.2 Å². The molecular weight excluding hydrogens is 235 g/mol. The van der Waals surface area contributed by atoms with E-state index in [2.05, 4.69) is 4.90 Å². The third kappa shape index (κ3) is 1.84. The average Bonchev–Trinajstić information content (AvgIpc) is 2.68. The molecular formula is C13H15FN2O2. The number of ether oxygens (including phenoxy) is 1. The van der Waals surface area contributed by atoms with Gasteiger partial charge in [-0.3, -0.25) is 4.90 Å². The molecule has 1 amide bonds. The third-order valence-corrected chi connectivity index (χ3v) is 3.55. The number of benzene rings is 1. The van der Waals surface area contributed by atoms with Crippen LogP contribution in [-0.2, 0) is 11.3 Å². The van der Waals surface area contributed by atoms with Crippen LogP contribution in [0.4, 0.5) is 14.9 Å². The van der Waals surface area contributed by atoms with Crippen molar-refractivity contribution in [3.05, 3.63) is 29.6 Å². The van der Waals surface area contributed by atoms with Gasteiger partial charge in [-0.1, -0.05) is 6.07 Å². The molecule has 0 saturated carbocycles. The number of carbonyl (C=O) groups is 1. The normalized spacial score (nSPS) is 24.0. The number of fused-ring (bicyclic) bond motifs is 3. The van der Waals surface area contributed by atoms with Gasteiger partial charge in [0.1, 0.15) is 12.4 Å². The number of halogens is 1. The second kappa shape index (κ2) is 4.24. The summed E-state index contributed by atoms with van der Waals surface area (Å²) >= 11 is 0. The summed E-state index contributed by atoms with van der Waals surface area (Å²) in [7, 11) is 2.03. The Morgan fingerprint density at radius 2 is 2.28 bits per heavy atom. The van der Waals surface area contributed by atoms with Crippen LogP contribution in [-0.4, -0.2) is 37.2 Å². The Labute approximate surface area is 105 Å². The van der Waals surface area contributed by atoms with E-state index >= 15 is 0 Å². The van der Waals surface area contributed by atoms with E-state index in [9.17, 15) is 9.18 Å². The van der Waals surface area contributed by atoms with E-state index in [1.54, 1.807) is 11.0 Å². The van der Waals surface area contributed by atoms with Crippen molar-refractivity contribution in [2.45, 2.75) is 19.0 Å². The summed E-state index contributed by atoms with van der Waals surface area (Å²) in [6, 6.07) is 4.62. The lowest BCUT2D eigenvalue weighted by Gasteiger charge is -2.30. The molecule has 4 nitrogen and oxygen atoms in total. The molecule has 0 spiro atoms. The number of amides is 1. The van der Waals surface area contributed by atoms with Crippen molar-refractivity contribution in [2.24, 2.45) is 0 Å². The summed E-state index contributed by atoms with van der Waals surface area (Å²) in [4.78, 5) is 15.6. The van der Waals surface area contributed by atoms with Crippen molar-refractivity contribution in [1.82, 2.24) is 4.90 Å². The summed E-state index contributed by atoms with van der Waals surface area (Å²) in [6.45, 7) is 2.00. The first-order chi connectivity index (χ1) is 8.65. The lowest BCUT2D eigenvalue weighted by Crippen LogP contribution is -2.39. The molecule has 1 fully saturated rings. The van der Waals surface area contributed by atoms with Crippen molar-refractivity contribution in [3.63, 3.8) is 0 Å². The predicted molar refractivity (Wildman–Crippen MR) is 65.0 cm³/mol. The Kier molecular flexibility index (Phi) is 2.70. The van der Waals surface area contributed by atoms with E-state index in [0.29, 0.717) is 18.8 Å². The fraction of sp³-hybridized carbons (Fsp3) is 0.462. The van der Waals surface area contributed by atoms with Gasteiger partial charge < -0.3 is 9.64 Å². The third-order valence-electron chi connectivity index (χ3n) is 3.55. The highest BCUT2D eigenvalue weighted by Crippen LogP contribution is 2.31. The van der Waals surface area contributed by atoms with Crippen LogP contribution in [0.1, 0.15) is 12.0 Å². The van der Waals surface area contributed by atoms with Crippen LogP contribution in [0, 0.1) is 5.82 Å². The maximum atomic E-state index is 13.4. The minimum absolute atomic E-state index is 0.0146. The van der Waals surface area contributed by atoms with Crippen LogP contribution in [0.3, 0.4) is 0 Å². The van der Waals surface area contributed by atoms with Crippen LogP contribution in [0.5, 0.6) is 0 Å². The molecule has 1 aromatic carbocycles. The number of carbonyl (C=O) groups excluding carboxylic acids is 1. The molecule has 2 aliphatic heterocycles. The monoisotopic (exact) mass is 250 g/mol. The number of anilines is 1. The highest BCUT2D eigenvalue weighted by atomic mass is 19.1. The first-order valence-electron chi connectivity index (χ1n) is 6.08. The second-order valence-corrected chi connectivity index (χ2v) is 4.90. The van der Waals surface area contributed by atoms with Crippen molar-refractivity contribution in [2.75, 3.05) is 25.1 Å². The van der Waals surface area contributed by atoms with E-state index in [-0.39, 0.29) is 18.0 Å². The van der Waals surface area contributed by atoms with Gasteiger partial charge in [0.2, 0.25) is 0 Å². The molecule has 1 unspecified atom stereocenters. The molecule has 2 heterocycles. The average molecular weight is 250 g/mol. The lowest BCUT2D eigenvalue weighted by atomic mass is 10.1. The fourth-order valence-electron chi connectivity index (χ4n) is 2.60. The van der Waals surface area contributed by atoms with Gasteiger partial charge in [-0.15, -0.1) is 0 Å². The molecule has 0 radical (unpaired) electrons. The van der Waals surface area contributed by atoms with Crippen molar-refractivity contribution >= 4 is 11.8 Å². The van der Waals surface area contributed by atoms with E-state index in [1.165, 1.54) is 12.1 Å². The predicted octanol–water partition coefficient (Wildman–Crippen LogP) is 1.99. The summed E-state index contributed by atoms with van der Waals surface area (Å²) < 4.78 is 18.5. The van der Waals surface area contributed by atoms with E-state index < -0.39 is 0 Å². The zero-order valence-corrected chi connectivity index (χ0v) is 10.2. The van der Waals surface area contributed by atoms with E-state index in [1.807, 2.05) is 7.05 Å². The molecule has 0 aromatic heterocycles. The highest BCUT2D eigenvalue weighted by molar-refractivity contribution is 5.91. The molecule has 0 bridgehead atoms. The summed E-state index contributed by atoms with van der Waals surface area (Å²) in [5.74, 6) is -0.324. The minimum atomic E-state index is -0.364. The Morgan fingerprint density at radius 3 is 3.11 bits per heavy atom. The molecule has 5 heteroatoms. The first kappa shape index (κ1) is 11.5. The standard InChI is InChI=1S/C13H15FN2O2/c1-15-5-4-11-8-18-13(17)16(11)12-6-10(14)3-2-9(12)7-15/h2-3,6,11H,4-5,7-8H2,1H3. The van der Waals surface area contributed by atoms with Crippen molar-refractivity contribution in [3.8, 4) is 0 Å². The first-order valence-corrected chi connectivity index (χ1v) is 6.08. The molecule has 2 aliphatic rings. The molecule has 0 aliphatic carbocycles. The van der Waals surface area contributed by atoms with Crippen LogP contribution >= 0.6 is 0 Å². The van der Waals surface area contributed by atoms with Gasteiger partial charge in [0.15, 0.2) is 0 Å². The Balaban J connectivity index is 2.09. The molecule has 0 N–H and O–H groups in total. The zero-order valence-electron chi connectivity index (χ0n) is 10.2. The second-order valence-electron chi connectivity index (χ2n) is 4.90. The molecule has 18 heavy (non-hydrogen) atoms. The maximum Gasteiger partial charge on any atom is 0.414 e. The van der Waals surface area contributed by atoms with Gasteiger partial charge in [-0.25, -0.2) is 9.18 Å². The topological polar surface area (TPSA) is 32.8 Å². The van der Waals surface area contributed by atoms with Gasteiger partial charge in [0.05, 0.1) is 11.7 Å². The smallest absolute Gasteiger partial charge is 0.414 e. The van der Waals surface area contributed by atoms with E-state index in [4.69, 9.17) is 4.74 Å². The number of nitrogens with zero attached hydrogens (tertiary/aromatic N) is 2. The summed E-state index contributed by atoms with van der Waals surface area (Å²) in [5.41, 5.74) is 1.61. The quantitative estimate of drug-likeness (QED) is 0.706.